The summed E-state index contributed by atoms with van der Waals surface area (Å²) < 4.78 is 12.2. The number of esters is 2. The summed E-state index contributed by atoms with van der Waals surface area (Å²) in [6.45, 7) is 2.74. The number of carbonyl (C=O) groups is 2. The van der Waals surface area contributed by atoms with Crippen LogP contribution < -0.4 is 10.9 Å². The third-order valence-electron chi connectivity index (χ3n) is 6.42. The predicted octanol–water partition coefficient (Wildman–Crippen LogP) is 2.60. The fraction of sp³-hybridized carbons (Fsp3) is 0.304. The Kier molecular flexibility index (Phi) is 4.67. The van der Waals surface area contributed by atoms with Gasteiger partial charge in [-0.05, 0) is 18.6 Å². The van der Waals surface area contributed by atoms with Crippen molar-refractivity contribution in [3.05, 3.63) is 61.4 Å². The Balaban J connectivity index is 1.83. The molecule has 0 spiro atoms. The molecule has 34 heavy (non-hydrogen) atoms. The molecule has 0 saturated carbocycles. The Morgan fingerprint density at radius 2 is 2.12 bits per heavy atom. The number of fused-ring (bicyclic) bond motifs is 5. The summed E-state index contributed by atoms with van der Waals surface area (Å²) in [6.07, 6.45) is 0.0767. The molecule has 1 aromatic carbocycles. The van der Waals surface area contributed by atoms with E-state index >= 15 is 0 Å². The maximum absolute atomic E-state index is 13.5. The maximum Gasteiger partial charge on any atom is 0.355 e. The van der Waals surface area contributed by atoms with Gasteiger partial charge in [0.1, 0.15) is 12.0 Å². The number of hydrogen-bond acceptors (Lipinski definition) is 9. The first-order chi connectivity index (χ1) is 16.2. The second-order valence-electron chi connectivity index (χ2n) is 8.16. The summed E-state index contributed by atoms with van der Waals surface area (Å²) in [5.74, 6) is -1.42. The number of rotatable bonds is 4. The van der Waals surface area contributed by atoms with Gasteiger partial charge in [0.05, 0.1) is 39.6 Å². The quantitative estimate of drug-likeness (QED) is 0.274. The average Bonchev–Trinajstić information content (AvgIpc) is 3.17. The maximum atomic E-state index is 13.5. The topological polar surface area (TPSA) is 143 Å². The minimum atomic E-state index is -1.74. The van der Waals surface area contributed by atoms with Gasteiger partial charge < -0.3 is 19.4 Å². The predicted molar refractivity (Wildman–Crippen MR) is 120 cm³/mol. The molecule has 0 bridgehead atoms. The van der Waals surface area contributed by atoms with E-state index in [1.165, 1.54) is 17.6 Å². The van der Waals surface area contributed by atoms with Crippen molar-refractivity contribution in [1.82, 2.24) is 9.55 Å². The van der Waals surface area contributed by atoms with Crippen LogP contribution in [0.1, 0.15) is 37.0 Å². The number of hydrogen-bond donors (Lipinski definition) is 1. The summed E-state index contributed by atoms with van der Waals surface area (Å²) in [6, 6.07) is 6.26. The molecule has 11 heteroatoms. The Morgan fingerprint density at radius 3 is 2.76 bits per heavy atom. The van der Waals surface area contributed by atoms with E-state index in [9.17, 15) is 24.5 Å². The Hall–Kier alpha value is -4.28. The molecule has 4 heterocycles. The fourth-order valence-electron chi connectivity index (χ4n) is 4.94. The molecular weight excluding hydrogens is 444 g/mol. The van der Waals surface area contributed by atoms with Crippen molar-refractivity contribution in [2.75, 3.05) is 12.4 Å². The lowest BCUT2D eigenvalue weighted by Crippen LogP contribution is -2.47. The molecule has 0 saturated heterocycles. The Morgan fingerprint density at radius 1 is 1.35 bits per heavy atom. The second kappa shape index (κ2) is 7.37. The lowest BCUT2D eigenvalue weighted by atomic mass is 9.85. The molecule has 11 nitrogen and oxygen atoms in total. The van der Waals surface area contributed by atoms with Crippen LogP contribution in [0.15, 0.2) is 29.1 Å². The van der Waals surface area contributed by atoms with Gasteiger partial charge in [0.25, 0.3) is 11.2 Å². The van der Waals surface area contributed by atoms with Crippen LogP contribution in [0, 0.1) is 10.1 Å². The molecule has 174 valence electrons. The lowest BCUT2D eigenvalue weighted by molar-refractivity contribution is -0.383. The highest BCUT2D eigenvalue weighted by Gasteiger charge is 2.50. The number of cyclic esters (lactones) is 1. The highest BCUT2D eigenvalue weighted by atomic mass is 16.6. The number of nitro groups is 1. The van der Waals surface area contributed by atoms with Crippen LogP contribution in [0.5, 0.6) is 0 Å². The molecule has 2 aliphatic heterocycles. The van der Waals surface area contributed by atoms with Crippen LogP contribution >= 0.6 is 0 Å². The molecule has 2 aliphatic rings. The number of carbonyl (C=O) groups excluding carboxylic acids is 2. The summed E-state index contributed by atoms with van der Waals surface area (Å²) in [4.78, 5) is 54.0. The SMILES string of the molecule is CC[C@@]1(OC(C)=O)C(=O)OCc2c1cc1n(c2=O)Cc2c-1nc1cccc([N+](=O)[O-])c1c2NC. The van der Waals surface area contributed by atoms with Crippen LogP contribution in [0.2, 0.25) is 0 Å². The number of pyridine rings is 2. The van der Waals surface area contributed by atoms with Gasteiger partial charge in [-0.1, -0.05) is 13.0 Å². The van der Waals surface area contributed by atoms with Crippen LogP contribution in [0.4, 0.5) is 11.4 Å². The fourth-order valence-corrected chi connectivity index (χ4v) is 4.94. The third-order valence-corrected chi connectivity index (χ3v) is 6.42. The number of nitrogens with one attached hydrogen (secondary N) is 1. The first-order valence-electron chi connectivity index (χ1n) is 10.7. The van der Waals surface area contributed by atoms with Crippen molar-refractivity contribution in [2.45, 2.75) is 39.0 Å². The van der Waals surface area contributed by atoms with E-state index < -0.39 is 28.0 Å². The number of benzene rings is 1. The van der Waals surface area contributed by atoms with Crippen molar-refractivity contribution < 1.29 is 24.0 Å². The molecule has 0 radical (unpaired) electrons. The summed E-state index contributed by atoms with van der Waals surface area (Å²) in [5, 5.41) is 15.1. The summed E-state index contributed by atoms with van der Waals surface area (Å²) in [5.41, 5.74) is 0.663. The van der Waals surface area contributed by atoms with E-state index in [2.05, 4.69) is 10.3 Å². The van der Waals surface area contributed by atoms with E-state index in [1.54, 1.807) is 32.2 Å². The Labute approximate surface area is 192 Å². The number of nitrogens with zero attached hydrogens (tertiary/aromatic N) is 3. The smallest absolute Gasteiger partial charge is 0.355 e. The molecule has 5 rings (SSSR count). The van der Waals surface area contributed by atoms with Gasteiger partial charge in [0.15, 0.2) is 0 Å². The van der Waals surface area contributed by atoms with Gasteiger partial charge in [-0.15, -0.1) is 0 Å². The zero-order chi connectivity index (χ0) is 24.4. The third kappa shape index (κ3) is 2.76. The van der Waals surface area contributed by atoms with Crippen molar-refractivity contribution in [1.29, 1.82) is 0 Å². The minimum Gasteiger partial charge on any atom is -0.457 e. The second-order valence-corrected chi connectivity index (χ2v) is 8.16. The summed E-state index contributed by atoms with van der Waals surface area (Å²) in [7, 11) is 1.65. The molecule has 1 N–H and O–H groups in total. The molecule has 3 aromatic rings. The molecule has 0 unspecified atom stereocenters. The van der Waals surface area contributed by atoms with Gasteiger partial charge in [-0.25, -0.2) is 9.78 Å². The molecular formula is C23H20N4O7. The molecule has 0 amide bonds. The monoisotopic (exact) mass is 464 g/mol. The molecule has 0 fully saturated rings. The molecule has 2 aromatic heterocycles. The van der Waals surface area contributed by atoms with E-state index in [1.807, 2.05) is 0 Å². The van der Waals surface area contributed by atoms with E-state index in [-0.39, 0.29) is 36.4 Å². The van der Waals surface area contributed by atoms with Crippen molar-refractivity contribution >= 4 is 34.2 Å². The van der Waals surface area contributed by atoms with Gasteiger partial charge in [-0.2, -0.15) is 0 Å². The van der Waals surface area contributed by atoms with Crippen LogP contribution in [0.3, 0.4) is 0 Å². The first kappa shape index (κ1) is 21.6. The van der Waals surface area contributed by atoms with Crippen LogP contribution in [-0.4, -0.2) is 33.5 Å². The Bertz CT molecular complexity index is 1490. The van der Waals surface area contributed by atoms with Gasteiger partial charge in [-0.3, -0.25) is 19.7 Å². The van der Waals surface area contributed by atoms with Crippen molar-refractivity contribution in [2.24, 2.45) is 0 Å². The molecule has 0 aliphatic carbocycles. The zero-order valence-electron chi connectivity index (χ0n) is 18.6. The number of nitro benzene ring substituents is 1. The highest BCUT2D eigenvalue weighted by Crippen LogP contribution is 2.44. The average molecular weight is 464 g/mol. The molecule has 1 atom stereocenters. The van der Waals surface area contributed by atoms with Crippen molar-refractivity contribution in [3.8, 4) is 11.4 Å². The van der Waals surface area contributed by atoms with Gasteiger partial charge >= 0.3 is 11.9 Å². The number of aromatic nitrogens is 2. The summed E-state index contributed by atoms with van der Waals surface area (Å²) >= 11 is 0. The van der Waals surface area contributed by atoms with E-state index in [0.717, 1.165) is 0 Å². The van der Waals surface area contributed by atoms with Gasteiger partial charge in [0, 0.05) is 31.2 Å². The van der Waals surface area contributed by atoms with Crippen molar-refractivity contribution in [3.63, 3.8) is 0 Å². The van der Waals surface area contributed by atoms with Crippen LogP contribution in [0.25, 0.3) is 22.3 Å². The zero-order valence-corrected chi connectivity index (χ0v) is 18.6. The number of anilines is 1. The van der Waals surface area contributed by atoms with Gasteiger partial charge in [0.2, 0.25) is 5.60 Å². The van der Waals surface area contributed by atoms with E-state index in [0.29, 0.717) is 33.5 Å². The minimum absolute atomic E-state index is 0.0767. The number of ether oxygens (including phenoxy) is 2. The lowest BCUT2D eigenvalue weighted by Gasteiger charge is -2.35. The standard InChI is InChI=1S/C23H20N4O7/c1-4-23(34-11(2)28)14-8-17-19-12(9-26(17)21(29)13(14)10-33-22(23)30)20(24-3)18-15(25-19)6-5-7-16(18)27(31)32/h5-8H,4,9-10H2,1-3H3,(H,24,25)/t23-/m0/s1. The first-order valence-corrected chi connectivity index (χ1v) is 10.7. The number of non-ortho nitro benzene ring substituents is 1. The highest BCUT2D eigenvalue weighted by molar-refractivity contribution is 6.02. The largest absolute Gasteiger partial charge is 0.457 e. The van der Waals surface area contributed by atoms with Crippen LogP contribution in [-0.2, 0) is 37.8 Å². The normalized spacial score (nSPS) is 18.0. The van der Waals surface area contributed by atoms with E-state index in [4.69, 9.17) is 9.47 Å².